The van der Waals surface area contributed by atoms with E-state index in [9.17, 15) is 0 Å². The highest BCUT2D eigenvalue weighted by Gasteiger charge is 2.21. The van der Waals surface area contributed by atoms with E-state index in [1.54, 1.807) is 0 Å². The fraction of sp³-hybridized carbons (Fsp3) is 0.385. The van der Waals surface area contributed by atoms with Gasteiger partial charge in [-0.1, -0.05) is 103 Å². The zero-order valence-electron chi connectivity index (χ0n) is 25.2. The second-order valence-electron chi connectivity index (χ2n) is 12.2. The first-order valence-corrected chi connectivity index (χ1v) is 16.3. The maximum Gasteiger partial charge on any atom is 0.0443 e. The first-order valence-electron chi connectivity index (χ1n) is 16.3. The third-order valence-corrected chi connectivity index (χ3v) is 9.42. The summed E-state index contributed by atoms with van der Waals surface area (Å²) in [7, 11) is 0. The summed E-state index contributed by atoms with van der Waals surface area (Å²) in [5.74, 6) is 0.500. The van der Waals surface area contributed by atoms with Crippen LogP contribution in [0, 0.1) is 0 Å². The van der Waals surface area contributed by atoms with Crippen LogP contribution in [0.4, 0.5) is 11.4 Å². The third kappa shape index (κ3) is 7.32. The van der Waals surface area contributed by atoms with E-state index in [1.165, 1.54) is 105 Å². The number of anilines is 2. The van der Waals surface area contributed by atoms with Crippen molar-refractivity contribution in [3.05, 3.63) is 131 Å². The van der Waals surface area contributed by atoms with Crippen molar-refractivity contribution in [3.8, 4) is 0 Å². The van der Waals surface area contributed by atoms with Gasteiger partial charge < -0.3 is 14.7 Å². The van der Waals surface area contributed by atoms with E-state index in [0.29, 0.717) is 5.92 Å². The minimum Gasteiger partial charge on any atom is -0.341 e. The molecule has 0 radical (unpaired) electrons. The summed E-state index contributed by atoms with van der Waals surface area (Å²) in [5, 5.41) is 0. The van der Waals surface area contributed by atoms with E-state index < -0.39 is 0 Å². The molecule has 0 spiro atoms. The molecule has 0 saturated carbocycles. The number of unbranched alkanes of at least 4 members (excludes halogenated alkanes) is 2. The third-order valence-electron chi connectivity index (χ3n) is 9.42. The van der Waals surface area contributed by atoms with E-state index in [1.807, 2.05) is 0 Å². The Morgan fingerprint density at radius 2 is 0.881 bits per heavy atom. The van der Waals surface area contributed by atoms with Crippen LogP contribution in [0.3, 0.4) is 0 Å². The van der Waals surface area contributed by atoms with Gasteiger partial charge >= 0.3 is 0 Å². The van der Waals surface area contributed by atoms with Crippen LogP contribution in [0.2, 0.25) is 0 Å². The molecule has 6 rings (SSSR count). The molecule has 42 heavy (non-hydrogen) atoms. The normalized spacial score (nSPS) is 15.8. The van der Waals surface area contributed by atoms with Crippen molar-refractivity contribution in [1.82, 2.24) is 9.80 Å². The lowest BCUT2D eigenvalue weighted by molar-refractivity contribution is 0.129. The largest absolute Gasteiger partial charge is 0.341 e. The molecule has 0 amide bonds. The molecule has 3 nitrogen and oxygen atoms in total. The van der Waals surface area contributed by atoms with Gasteiger partial charge in [-0.2, -0.15) is 0 Å². The topological polar surface area (TPSA) is 9.72 Å². The number of benzene rings is 4. The van der Waals surface area contributed by atoms with Crippen molar-refractivity contribution >= 4 is 11.4 Å². The first kappa shape index (κ1) is 28.7. The fourth-order valence-electron chi connectivity index (χ4n) is 7.03. The van der Waals surface area contributed by atoms with Gasteiger partial charge in [0, 0.05) is 50.0 Å². The molecule has 0 bridgehead atoms. The molecule has 2 aliphatic rings. The Bertz CT molecular complexity index is 1270. The number of fused-ring (bicyclic) bond motifs is 2. The quantitative estimate of drug-likeness (QED) is 0.162. The van der Waals surface area contributed by atoms with Gasteiger partial charge in [-0.05, 0) is 86.0 Å². The zero-order valence-corrected chi connectivity index (χ0v) is 25.2. The summed E-state index contributed by atoms with van der Waals surface area (Å²) >= 11 is 0. The molecule has 0 aliphatic carbocycles. The van der Waals surface area contributed by atoms with Gasteiger partial charge in [0.05, 0.1) is 0 Å². The van der Waals surface area contributed by atoms with E-state index in [0.717, 1.165) is 19.4 Å². The molecular weight excluding hydrogens is 510 g/mol. The maximum absolute atomic E-state index is 2.70. The molecule has 0 unspecified atom stereocenters. The highest BCUT2D eigenvalue weighted by Crippen LogP contribution is 2.36. The molecule has 3 heteroatoms. The predicted molar refractivity (Wildman–Crippen MR) is 178 cm³/mol. The molecule has 2 aliphatic heterocycles. The Labute approximate surface area is 253 Å². The monoisotopic (exact) mass is 557 g/mol. The summed E-state index contributed by atoms with van der Waals surface area (Å²) < 4.78 is 0. The highest BCUT2D eigenvalue weighted by atomic mass is 15.3. The molecule has 218 valence electrons. The standard InChI is InChI=1S/C39H47N3/c1-3-15-33(16-4-1)37(34-17-5-2-6-18-34)21-11-12-26-40-29-31-41(32-30-40)27-13-14-28-42-38-22-9-7-19-35(38)24-25-36-20-8-10-23-39(36)42/h1-10,15-20,22-23,37H,11-14,21,24-32H2. The Kier molecular flexibility index (Phi) is 10.0. The van der Waals surface area contributed by atoms with Crippen LogP contribution >= 0.6 is 0 Å². The molecule has 1 fully saturated rings. The lowest BCUT2D eigenvalue weighted by Crippen LogP contribution is -2.46. The minimum absolute atomic E-state index is 0.500. The van der Waals surface area contributed by atoms with Crippen molar-refractivity contribution in [2.24, 2.45) is 0 Å². The molecule has 0 aromatic heterocycles. The van der Waals surface area contributed by atoms with E-state index in [2.05, 4.69) is 124 Å². The van der Waals surface area contributed by atoms with Gasteiger partial charge in [0.25, 0.3) is 0 Å². The summed E-state index contributed by atoms with van der Waals surface area (Å²) in [5.41, 5.74) is 8.69. The van der Waals surface area contributed by atoms with Crippen molar-refractivity contribution in [1.29, 1.82) is 0 Å². The number of hydrogen-bond acceptors (Lipinski definition) is 3. The van der Waals surface area contributed by atoms with Gasteiger partial charge in [-0.3, -0.25) is 0 Å². The summed E-state index contributed by atoms with van der Waals surface area (Å²) in [4.78, 5) is 7.99. The number of aryl methyl sites for hydroxylation is 2. The molecular formula is C39H47N3. The van der Waals surface area contributed by atoms with Crippen molar-refractivity contribution in [2.45, 2.75) is 50.9 Å². The molecule has 1 saturated heterocycles. The molecule has 0 N–H and O–H groups in total. The average molecular weight is 558 g/mol. The summed E-state index contributed by atoms with van der Waals surface area (Å²) in [6, 6.07) is 40.2. The van der Waals surface area contributed by atoms with Crippen molar-refractivity contribution in [2.75, 3.05) is 50.7 Å². The highest BCUT2D eigenvalue weighted by molar-refractivity contribution is 5.71. The first-order chi connectivity index (χ1) is 20.8. The van der Waals surface area contributed by atoms with Crippen LogP contribution in [0.25, 0.3) is 0 Å². The van der Waals surface area contributed by atoms with Crippen LogP contribution in [-0.4, -0.2) is 55.6 Å². The fourth-order valence-corrected chi connectivity index (χ4v) is 7.03. The van der Waals surface area contributed by atoms with E-state index >= 15 is 0 Å². The number of piperazine rings is 1. The zero-order chi connectivity index (χ0) is 28.4. The van der Waals surface area contributed by atoms with Crippen LogP contribution in [-0.2, 0) is 12.8 Å². The summed E-state index contributed by atoms with van der Waals surface area (Å²) in [6.45, 7) is 8.42. The molecule has 2 heterocycles. The van der Waals surface area contributed by atoms with Crippen LogP contribution in [0.5, 0.6) is 0 Å². The smallest absolute Gasteiger partial charge is 0.0443 e. The summed E-state index contributed by atoms with van der Waals surface area (Å²) in [6.07, 6.45) is 8.55. The second kappa shape index (κ2) is 14.7. The Morgan fingerprint density at radius 3 is 1.40 bits per heavy atom. The SMILES string of the molecule is c1ccc(C(CCCCN2CCN(CCCCN3c4ccccc4CCc4ccccc43)CC2)c2ccccc2)cc1. The predicted octanol–water partition coefficient (Wildman–Crippen LogP) is 8.32. The van der Waals surface area contributed by atoms with Gasteiger partial charge in [0.2, 0.25) is 0 Å². The van der Waals surface area contributed by atoms with Crippen molar-refractivity contribution in [3.63, 3.8) is 0 Å². The Morgan fingerprint density at radius 1 is 0.452 bits per heavy atom. The molecule has 4 aromatic carbocycles. The lowest BCUT2D eigenvalue weighted by Gasteiger charge is -2.35. The number of para-hydroxylation sites is 2. The van der Waals surface area contributed by atoms with Crippen molar-refractivity contribution < 1.29 is 0 Å². The number of nitrogens with zero attached hydrogens (tertiary/aromatic N) is 3. The maximum atomic E-state index is 2.70. The number of hydrogen-bond donors (Lipinski definition) is 0. The van der Waals surface area contributed by atoms with Crippen LogP contribution in [0.1, 0.15) is 60.3 Å². The molecule has 0 atom stereocenters. The molecule has 4 aromatic rings. The van der Waals surface area contributed by atoms with Gasteiger partial charge in [0.1, 0.15) is 0 Å². The van der Waals surface area contributed by atoms with Gasteiger partial charge in [-0.25, -0.2) is 0 Å². The van der Waals surface area contributed by atoms with E-state index in [-0.39, 0.29) is 0 Å². The van der Waals surface area contributed by atoms with E-state index in [4.69, 9.17) is 0 Å². The number of rotatable bonds is 12. The Hall–Kier alpha value is -3.40. The van der Waals surface area contributed by atoms with Gasteiger partial charge in [0.15, 0.2) is 0 Å². The average Bonchev–Trinajstić information content (AvgIpc) is 3.21. The lowest BCUT2D eigenvalue weighted by atomic mass is 9.87. The van der Waals surface area contributed by atoms with Crippen LogP contribution < -0.4 is 4.90 Å². The minimum atomic E-state index is 0.500. The second-order valence-corrected chi connectivity index (χ2v) is 12.2. The van der Waals surface area contributed by atoms with Crippen LogP contribution in [0.15, 0.2) is 109 Å². The Balaban J connectivity index is 0.920. The van der Waals surface area contributed by atoms with Gasteiger partial charge in [-0.15, -0.1) is 0 Å².